The zero-order valence-electron chi connectivity index (χ0n) is 22.8. The molecule has 12 nitrogen and oxygen atoms in total. The van der Waals surface area contributed by atoms with E-state index in [1.807, 2.05) is 27.7 Å². The van der Waals surface area contributed by atoms with E-state index in [0.29, 0.717) is 18.4 Å². The number of ether oxygens (including phenoxy) is 6. The summed E-state index contributed by atoms with van der Waals surface area (Å²) in [5, 5.41) is 12.5. The van der Waals surface area contributed by atoms with Gasteiger partial charge in [-0.05, 0) is 56.7 Å². The van der Waals surface area contributed by atoms with Crippen LogP contribution < -0.4 is 14.8 Å². The second-order valence-electron chi connectivity index (χ2n) is 8.93. The number of nitrogens with one attached hydrogen (secondary N) is 1. The standard InChI is InChI=1S/C26H39NO11/c1-7-11-33-24(30)37-21-10-9-19(14-22(21)38-25(31)34-12-8-2)13-20(23(28)29)27-15-17(5)35-26(32)36-18(6)16(3)4/h9-10,14,16-18,20,27H,7-8,11-13,15H2,1-6H3,(H,28,29)/t17?,18?,20-/m0/s1. The topological polar surface area (TPSA) is 156 Å². The molecule has 0 aromatic heterocycles. The summed E-state index contributed by atoms with van der Waals surface area (Å²) in [5.74, 6) is -1.27. The number of benzene rings is 1. The van der Waals surface area contributed by atoms with Gasteiger partial charge in [0, 0.05) is 6.54 Å². The Labute approximate surface area is 222 Å². The van der Waals surface area contributed by atoms with Gasteiger partial charge >= 0.3 is 24.4 Å². The molecule has 12 heteroatoms. The number of carboxylic acids is 1. The lowest BCUT2D eigenvalue weighted by molar-refractivity contribution is -0.139. The van der Waals surface area contributed by atoms with E-state index in [1.54, 1.807) is 13.8 Å². The maximum atomic E-state index is 12.0. The molecule has 0 amide bonds. The van der Waals surface area contributed by atoms with Gasteiger partial charge in [-0.2, -0.15) is 0 Å². The summed E-state index contributed by atoms with van der Waals surface area (Å²) in [6.07, 6.45) is -2.68. The van der Waals surface area contributed by atoms with Crippen LogP contribution >= 0.6 is 0 Å². The first-order chi connectivity index (χ1) is 18.0. The predicted molar refractivity (Wildman–Crippen MR) is 135 cm³/mol. The molecule has 3 atom stereocenters. The quantitative estimate of drug-likeness (QED) is 0.179. The molecule has 38 heavy (non-hydrogen) atoms. The van der Waals surface area contributed by atoms with Gasteiger partial charge in [-0.25, -0.2) is 14.4 Å². The molecule has 214 valence electrons. The number of hydrogen-bond donors (Lipinski definition) is 2. The van der Waals surface area contributed by atoms with E-state index in [4.69, 9.17) is 28.4 Å². The van der Waals surface area contributed by atoms with Crippen molar-refractivity contribution in [1.82, 2.24) is 5.32 Å². The fraction of sp³-hybridized carbons (Fsp3) is 0.615. The van der Waals surface area contributed by atoms with Crippen LogP contribution in [0.1, 0.15) is 59.9 Å². The highest BCUT2D eigenvalue weighted by atomic mass is 16.7. The van der Waals surface area contributed by atoms with Crippen molar-refractivity contribution in [3.05, 3.63) is 23.8 Å². The highest BCUT2D eigenvalue weighted by Crippen LogP contribution is 2.30. The van der Waals surface area contributed by atoms with Gasteiger partial charge in [0.2, 0.25) is 0 Å². The molecule has 1 rings (SSSR count). The zero-order valence-corrected chi connectivity index (χ0v) is 22.8. The highest BCUT2D eigenvalue weighted by Gasteiger charge is 2.23. The van der Waals surface area contributed by atoms with Gasteiger partial charge in [-0.15, -0.1) is 0 Å². The van der Waals surface area contributed by atoms with Gasteiger partial charge < -0.3 is 38.8 Å². The van der Waals surface area contributed by atoms with Crippen molar-refractivity contribution in [3.63, 3.8) is 0 Å². The maximum absolute atomic E-state index is 12.0. The molecule has 0 saturated carbocycles. The Bertz CT molecular complexity index is 918. The highest BCUT2D eigenvalue weighted by molar-refractivity contribution is 5.74. The average Bonchev–Trinajstić information content (AvgIpc) is 2.84. The molecule has 0 fully saturated rings. The Morgan fingerprint density at radius 1 is 0.842 bits per heavy atom. The lowest BCUT2D eigenvalue weighted by Gasteiger charge is -2.21. The van der Waals surface area contributed by atoms with E-state index >= 15 is 0 Å². The Balaban J connectivity index is 2.91. The van der Waals surface area contributed by atoms with E-state index in [1.165, 1.54) is 18.2 Å². The molecule has 0 bridgehead atoms. The smallest absolute Gasteiger partial charge is 0.480 e. The van der Waals surface area contributed by atoms with E-state index < -0.39 is 36.6 Å². The minimum atomic E-state index is -1.15. The molecule has 1 aromatic carbocycles. The van der Waals surface area contributed by atoms with Crippen molar-refractivity contribution in [2.75, 3.05) is 19.8 Å². The molecule has 2 N–H and O–H groups in total. The first-order valence-electron chi connectivity index (χ1n) is 12.6. The third-order valence-electron chi connectivity index (χ3n) is 5.15. The molecule has 1 aromatic rings. The number of carbonyl (C=O) groups excluding carboxylic acids is 3. The number of hydrogen-bond acceptors (Lipinski definition) is 11. The lowest BCUT2D eigenvalue weighted by atomic mass is 10.0. The summed E-state index contributed by atoms with van der Waals surface area (Å²) in [4.78, 5) is 47.7. The van der Waals surface area contributed by atoms with E-state index in [9.17, 15) is 24.3 Å². The normalized spacial score (nSPS) is 13.1. The summed E-state index contributed by atoms with van der Waals surface area (Å²) in [5.41, 5.74) is 0.455. The third-order valence-corrected chi connectivity index (χ3v) is 5.15. The first-order valence-corrected chi connectivity index (χ1v) is 12.6. The number of rotatable bonds is 15. The summed E-state index contributed by atoms with van der Waals surface area (Å²) >= 11 is 0. The monoisotopic (exact) mass is 541 g/mol. The Kier molecular flexibility index (Phi) is 14.6. The van der Waals surface area contributed by atoms with Gasteiger partial charge in [0.15, 0.2) is 11.5 Å². The lowest BCUT2D eigenvalue weighted by Crippen LogP contribution is -2.43. The molecule has 0 heterocycles. The Morgan fingerprint density at radius 3 is 1.95 bits per heavy atom. The van der Waals surface area contributed by atoms with Gasteiger partial charge in [0.25, 0.3) is 0 Å². The van der Waals surface area contributed by atoms with Crippen molar-refractivity contribution < 1.29 is 52.7 Å². The first kappa shape index (κ1) is 32.5. The van der Waals surface area contributed by atoms with Crippen LogP contribution in [0, 0.1) is 5.92 Å². The molecular weight excluding hydrogens is 502 g/mol. The Morgan fingerprint density at radius 2 is 1.42 bits per heavy atom. The largest absolute Gasteiger partial charge is 0.513 e. The molecule has 0 radical (unpaired) electrons. The zero-order chi connectivity index (χ0) is 28.7. The molecule has 0 spiro atoms. The van der Waals surface area contributed by atoms with Crippen LogP contribution in [-0.2, 0) is 30.2 Å². The number of aliphatic carboxylic acids is 1. The van der Waals surface area contributed by atoms with Gasteiger partial charge in [-0.3, -0.25) is 4.79 Å². The van der Waals surface area contributed by atoms with Crippen molar-refractivity contribution in [2.24, 2.45) is 5.92 Å². The second kappa shape index (κ2) is 17.1. The fourth-order valence-electron chi connectivity index (χ4n) is 2.77. The fourth-order valence-corrected chi connectivity index (χ4v) is 2.77. The van der Waals surface area contributed by atoms with Crippen LogP contribution in [0.25, 0.3) is 0 Å². The molecular formula is C26H39NO11. The van der Waals surface area contributed by atoms with E-state index in [0.717, 1.165) is 0 Å². The predicted octanol–water partition coefficient (Wildman–Crippen LogP) is 4.71. The van der Waals surface area contributed by atoms with Gasteiger partial charge in [-0.1, -0.05) is 33.8 Å². The summed E-state index contributed by atoms with van der Waals surface area (Å²) in [6.45, 7) is 11.1. The van der Waals surface area contributed by atoms with E-state index in [-0.39, 0.29) is 49.7 Å². The van der Waals surface area contributed by atoms with Crippen LogP contribution in [0.4, 0.5) is 14.4 Å². The SMILES string of the molecule is CCCOC(=O)Oc1ccc(C[C@H](NCC(C)OC(=O)OC(C)C(C)C)C(=O)O)cc1OC(=O)OCCC. The minimum absolute atomic E-state index is 0.0299. The van der Waals surface area contributed by atoms with Crippen LogP contribution in [0.3, 0.4) is 0 Å². The minimum Gasteiger partial charge on any atom is -0.480 e. The summed E-state index contributed by atoms with van der Waals surface area (Å²) < 4.78 is 30.5. The van der Waals surface area contributed by atoms with Crippen LogP contribution in [0.15, 0.2) is 18.2 Å². The average molecular weight is 542 g/mol. The van der Waals surface area contributed by atoms with Crippen molar-refractivity contribution in [2.45, 2.75) is 79.1 Å². The third kappa shape index (κ3) is 12.6. The molecule has 0 aliphatic carbocycles. The van der Waals surface area contributed by atoms with Crippen LogP contribution in [0.2, 0.25) is 0 Å². The summed E-state index contributed by atoms with van der Waals surface area (Å²) in [6, 6.07) is 3.18. The van der Waals surface area contributed by atoms with Crippen molar-refractivity contribution in [1.29, 1.82) is 0 Å². The van der Waals surface area contributed by atoms with Crippen LogP contribution in [0.5, 0.6) is 11.5 Å². The summed E-state index contributed by atoms with van der Waals surface area (Å²) in [7, 11) is 0. The van der Waals surface area contributed by atoms with Gasteiger partial charge in [0.05, 0.1) is 13.2 Å². The second-order valence-corrected chi connectivity index (χ2v) is 8.93. The molecule has 0 aliphatic heterocycles. The molecule has 0 saturated heterocycles. The number of carboxylic acid groups (broad SMARTS) is 1. The van der Waals surface area contributed by atoms with Gasteiger partial charge in [0.1, 0.15) is 18.2 Å². The molecule has 2 unspecified atom stereocenters. The van der Waals surface area contributed by atoms with Crippen molar-refractivity contribution >= 4 is 24.4 Å². The van der Waals surface area contributed by atoms with Crippen molar-refractivity contribution in [3.8, 4) is 11.5 Å². The van der Waals surface area contributed by atoms with E-state index in [2.05, 4.69) is 5.32 Å². The number of carbonyl (C=O) groups is 4. The maximum Gasteiger partial charge on any atom is 0.513 e. The molecule has 0 aliphatic rings. The Hall–Kier alpha value is -3.54. The van der Waals surface area contributed by atoms with Crippen LogP contribution in [-0.4, -0.2) is 67.6 Å².